The quantitative estimate of drug-likeness (QED) is 0.0911. The van der Waals surface area contributed by atoms with Gasteiger partial charge in [0.2, 0.25) is 5.91 Å². The first-order valence-electron chi connectivity index (χ1n) is 16.1. The summed E-state index contributed by atoms with van der Waals surface area (Å²) in [6, 6.07) is 7.17. The molecular weight excluding hydrogens is 616 g/mol. The lowest BCUT2D eigenvalue weighted by molar-refractivity contribution is -0.122. The minimum Gasteiger partial charge on any atom is -0.444 e. The van der Waals surface area contributed by atoms with Crippen molar-refractivity contribution in [1.29, 1.82) is 0 Å². The van der Waals surface area contributed by atoms with Gasteiger partial charge >= 0.3 is 6.09 Å². The van der Waals surface area contributed by atoms with E-state index in [2.05, 4.69) is 10.6 Å². The molecule has 0 saturated heterocycles. The van der Waals surface area contributed by atoms with Crippen molar-refractivity contribution in [3.05, 3.63) is 35.4 Å². The fourth-order valence-corrected chi connectivity index (χ4v) is 3.49. The Balaban J connectivity index is 1.72. The number of hydrogen-bond donors (Lipinski definition) is 2. The van der Waals surface area contributed by atoms with E-state index in [1.54, 1.807) is 12.1 Å². The predicted octanol–water partition coefficient (Wildman–Crippen LogP) is 2.55. The van der Waals surface area contributed by atoms with Gasteiger partial charge in [0.15, 0.2) is 5.78 Å². The monoisotopic (exact) mass is 672 g/mol. The number of nitrogens with one attached hydrogen (secondary N) is 2. The fraction of sp³-hybridized carbons (Fsp3) is 0.727. The first-order chi connectivity index (χ1) is 22.7. The highest BCUT2D eigenvalue weighted by molar-refractivity contribution is 5.94. The number of alkyl carbamates (subject to hydrolysis) is 1. The van der Waals surface area contributed by atoms with E-state index in [4.69, 9.17) is 42.6 Å². The molecule has 0 heterocycles. The molecule has 0 aliphatic carbocycles. The molecule has 0 unspecified atom stereocenters. The highest BCUT2D eigenvalue weighted by Gasteiger charge is 2.15. The van der Waals surface area contributed by atoms with Gasteiger partial charge in [-0.15, -0.1) is 0 Å². The molecule has 0 saturated carbocycles. The highest BCUT2D eigenvalue weighted by atomic mass is 16.6. The predicted molar refractivity (Wildman–Crippen MR) is 174 cm³/mol. The van der Waals surface area contributed by atoms with Crippen molar-refractivity contribution in [3.63, 3.8) is 0 Å². The Morgan fingerprint density at radius 2 is 0.936 bits per heavy atom. The molecule has 0 aromatic heterocycles. The van der Waals surface area contributed by atoms with E-state index >= 15 is 0 Å². The summed E-state index contributed by atoms with van der Waals surface area (Å²) < 4.78 is 48.7. The SMILES string of the molecule is CC(=O)c1ccc(CNC(=O)CCOCCOCCOCCOCCOCCOCCOCCOCCNC(=O)OC(C)(C)C)cc1. The van der Waals surface area contributed by atoms with Gasteiger partial charge in [0.25, 0.3) is 0 Å². The number of benzene rings is 1. The maximum Gasteiger partial charge on any atom is 0.407 e. The van der Waals surface area contributed by atoms with Crippen LogP contribution in [0.2, 0.25) is 0 Å². The van der Waals surface area contributed by atoms with Crippen LogP contribution in [0, 0.1) is 0 Å². The minimum absolute atomic E-state index is 0.0148. The minimum atomic E-state index is -0.517. The second-order valence-electron chi connectivity index (χ2n) is 11.1. The summed E-state index contributed by atoms with van der Waals surface area (Å²) in [5.74, 6) is -0.0833. The second kappa shape index (κ2) is 28.3. The van der Waals surface area contributed by atoms with Crippen molar-refractivity contribution in [1.82, 2.24) is 10.6 Å². The number of carbonyl (C=O) groups excluding carboxylic acids is 3. The maximum absolute atomic E-state index is 11.9. The van der Waals surface area contributed by atoms with Gasteiger partial charge in [-0.05, 0) is 33.3 Å². The standard InChI is InChI=1S/C33H56N2O12/c1-28(36)30-7-5-29(6-8-30)27-35-31(37)9-11-39-13-15-41-17-19-43-21-23-45-25-26-46-24-22-44-20-18-42-16-14-40-12-10-34-32(38)47-33(2,3)4/h5-8H,9-27H2,1-4H3,(H,34,38)(H,35,37). The number of hydrogen-bond acceptors (Lipinski definition) is 12. The molecule has 14 heteroatoms. The van der Waals surface area contributed by atoms with Gasteiger partial charge in [0.1, 0.15) is 5.60 Å². The second-order valence-corrected chi connectivity index (χ2v) is 11.1. The Morgan fingerprint density at radius 1 is 0.553 bits per heavy atom. The molecule has 0 fully saturated rings. The van der Waals surface area contributed by atoms with Crippen molar-refractivity contribution in [3.8, 4) is 0 Å². The van der Waals surface area contributed by atoms with E-state index in [1.807, 2.05) is 32.9 Å². The molecule has 2 amide bonds. The van der Waals surface area contributed by atoms with Crippen LogP contribution in [0.15, 0.2) is 24.3 Å². The van der Waals surface area contributed by atoms with E-state index in [1.165, 1.54) is 6.92 Å². The number of ether oxygens (including phenoxy) is 9. The van der Waals surface area contributed by atoms with E-state index < -0.39 is 11.7 Å². The fourth-order valence-electron chi connectivity index (χ4n) is 3.49. The van der Waals surface area contributed by atoms with Crippen molar-refractivity contribution >= 4 is 17.8 Å². The van der Waals surface area contributed by atoms with E-state index in [0.717, 1.165) is 5.56 Å². The number of amides is 2. The Hall–Kier alpha value is -2.69. The van der Waals surface area contributed by atoms with Crippen LogP contribution in [0.5, 0.6) is 0 Å². The summed E-state index contributed by atoms with van der Waals surface area (Å²) >= 11 is 0. The van der Waals surface area contributed by atoms with E-state index in [-0.39, 0.29) is 18.1 Å². The molecule has 0 spiro atoms. The van der Waals surface area contributed by atoms with Crippen molar-refractivity contribution < 1.29 is 57.0 Å². The summed E-state index contributed by atoms with van der Waals surface area (Å²) in [6.45, 7) is 14.8. The van der Waals surface area contributed by atoms with Crippen molar-refractivity contribution in [2.24, 2.45) is 0 Å². The van der Waals surface area contributed by atoms with Gasteiger partial charge in [0.05, 0.1) is 106 Å². The van der Waals surface area contributed by atoms with Crippen LogP contribution >= 0.6 is 0 Å². The van der Waals surface area contributed by atoms with E-state index in [0.29, 0.717) is 124 Å². The van der Waals surface area contributed by atoms with Gasteiger partial charge in [-0.1, -0.05) is 24.3 Å². The van der Waals surface area contributed by atoms with E-state index in [9.17, 15) is 14.4 Å². The summed E-state index contributed by atoms with van der Waals surface area (Å²) in [5.41, 5.74) is 1.06. The Labute approximate surface area is 279 Å². The molecule has 1 aromatic carbocycles. The molecular formula is C33H56N2O12. The van der Waals surface area contributed by atoms with Crippen LogP contribution in [0.3, 0.4) is 0 Å². The number of Topliss-reactive ketones (excluding diaryl/α,β-unsaturated/α-hetero) is 1. The number of carbonyl (C=O) groups is 3. The lowest BCUT2D eigenvalue weighted by Crippen LogP contribution is -2.34. The van der Waals surface area contributed by atoms with Crippen molar-refractivity contribution in [2.75, 3.05) is 112 Å². The van der Waals surface area contributed by atoms with Crippen LogP contribution < -0.4 is 10.6 Å². The normalized spacial score (nSPS) is 11.4. The third kappa shape index (κ3) is 28.1. The average Bonchev–Trinajstić information content (AvgIpc) is 3.02. The van der Waals surface area contributed by atoms with Crippen LogP contribution in [-0.4, -0.2) is 136 Å². The van der Waals surface area contributed by atoms with Crippen LogP contribution in [0.4, 0.5) is 4.79 Å². The van der Waals surface area contributed by atoms with Crippen LogP contribution in [0.1, 0.15) is 50.0 Å². The highest BCUT2D eigenvalue weighted by Crippen LogP contribution is 2.06. The Bertz CT molecular complexity index is 941. The number of ketones is 1. The third-order valence-electron chi connectivity index (χ3n) is 5.84. The lowest BCUT2D eigenvalue weighted by Gasteiger charge is -2.19. The molecule has 0 bridgehead atoms. The molecule has 270 valence electrons. The van der Waals surface area contributed by atoms with Crippen molar-refractivity contribution in [2.45, 2.75) is 46.3 Å². The molecule has 0 aliphatic heterocycles. The first-order valence-corrected chi connectivity index (χ1v) is 16.1. The maximum atomic E-state index is 11.9. The van der Waals surface area contributed by atoms with Gasteiger partial charge < -0.3 is 53.3 Å². The molecule has 14 nitrogen and oxygen atoms in total. The van der Waals surface area contributed by atoms with Gasteiger partial charge in [-0.3, -0.25) is 9.59 Å². The molecule has 47 heavy (non-hydrogen) atoms. The topological polar surface area (TPSA) is 158 Å². The first kappa shape index (κ1) is 42.3. The zero-order chi connectivity index (χ0) is 34.4. The largest absolute Gasteiger partial charge is 0.444 e. The molecule has 0 radical (unpaired) electrons. The molecule has 2 N–H and O–H groups in total. The average molecular weight is 673 g/mol. The van der Waals surface area contributed by atoms with Crippen LogP contribution in [0.25, 0.3) is 0 Å². The zero-order valence-electron chi connectivity index (χ0n) is 28.6. The Morgan fingerprint density at radius 3 is 1.32 bits per heavy atom. The Kier molecular flexibility index (Phi) is 25.5. The zero-order valence-corrected chi connectivity index (χ0v) is 28.6. The number of rotatable bonds is 30. The third-order valence-corrected chi connectivity index (χ3v) is 5.84. The summed E-state index contributed by atoms with van der Waals surface area (Å²) in [6.07, 6.45) is -0.193. The summed E-state index contributed by atoms with van der Waals surface area (Å²) in [7, 11) is 0. The molecule has 0 atom stereocenters. The van der Waals surface area contributed by atoms with Crippen LogP contribution in [-0.2, 0) is 54.0 Å². The molecule has 0 aliphatic rings. The summed E-state index contributed by atoms with van der Waals surface area (Å²) in [4.78, 5) is 34.7. The van der Waals surface area contributed by atoms with Gasteiger partial charge in [-0.2, -0.15) is 0 Å². The molecule has 1 aromatic rings. The van der Waals surface area contributed by atoms with Gasteiger partial charge in [0, 0.05) is 25.1 Å². The smallest absolute Gasteiger partial charge is 0.407 e. The van der Waals surface area contributed by atoms with Gasteiger partial charge in [-0.25, -0.2) is 4.79 Å². The molecule has 1 rings (SSSR count). The summed E-state index contributed by atoms with van der Waals surface area (Å²) in [5, 5.41) is 5.46. The lowest BCUT2D eigenvalue weighted by atomic mass is 10.1.